The smallest absolute Gasteiger partial charge is 0.357 e. The number of nitrogens with zero attached hydrogens (tertiary/aromatic N) is 4. The zero-order valence-electron chi connectivity index (χ0n) is 11.7. The molecule has 0 amide bonds. The molecule has 0 aliphatic heterocycles. The molecule has 22 heavy (non-hydrogen) atoms. The van der Waals surface area contributed by atoms with Gasteiger partial charge in [0.2, 0.25) is 0 Å². The minimum absolute atomic E-state index is 0.298. The molecule has 0 fully saturated rings. The molecular weight excluding hydrogens is 320 g/mol. The second-order valence-corrected chi connectivity index (χ2v) is 6.17. The Hall–Kier alpha value is -2.19. The van der Waals surface area contributed by atoms with Crippen LogP contribution in [0, 0.1) is 6.92 Å². The standard InChI is InChI=1S/C14H12N4O2S2/c1-9-12(22-8-17-9)2-5-20-14(19)11-7-21-13(18-11)10-6-15-3-4-16-10/h3-4,6-8H,2,5H2,1H3. The first-order valence-corrected chi connectivity index (χ1v) is 8.28. The summed E-state index contributed by atoms with van der Waals surface area (Å²) in [5.74, 6) is -0.423. The molecular formula is C14H12N4O2S2. The number of carbonyl (C=O) groups excluding carboxylic acids is 1. The lowest BCUT2D eigenvalue weighted by Gasteiger charge is -2.01. The van der Waals surface area contributed by atoms with Crippen LogP contribution < -0.4 is 0 Å². The summed E-state index contributed by atoms with van der Waals surface area (Å²) in [6.45, 7) is 2.27. The van der Waals surface area contributed by atoms with Crippen LogP contribution in [0.2, 0.25) is 0 Å². The number of hydrogen-bond donors (Lipinski definition) is 0. The number of esters is 1. The molecule has 0 radical (unpaired) electrons. The van der Waals surface area contributed by atoms with Crippen molar-refractivity contribution < 1.29 is 9.53 Å². The van der Waals surface area contributed by atoms with Gasteiger partial charge in [-0.25, -0.2) is 14.8 Å². The van der Waals surface area contributed by atoms with Gasteiger partial charge in [-0.1, -0.05) is 0 Å². The Kier molecular flexibility index (Phi) is 4.50. The molecule has 0 aromatic carbocycles. The highest BCUT2D eigenvalue weighted by molar-refractivity contribution is 7.13. The Labute approximate surface area is 134 Å². The molecule has 3 heterocycles. The van der Waals surface area contributed by atoms with Gasteiger partial charge in [-0.2, -0.15) is 0 Å². The van der Waals surface area contributed by atoms with E-state index in [0.717, 1.165) is 10.6 Å². The minimum atomic E-state index is -0.423. The quantitative estimate of drug-likeness (QED) is 0.669. The van der Waals surface area contributed by atoms with Gasteiger partial charge >= 0.3 is 5.97 Å². The maximum atomic E-state index is 12.0. The highest BCUT2D eigenvalue weighted by Gasteiger charge is 2.14. The van der Waals surface area contributed by atoms with E-state index < -0.39 is 5.97 Å². The molecule has 0 saturated carbocycles. The van der Waals surface area contributed by atoms with Crippen molar-refractivity contribution in [2.45, 2.75) is 13.3 Å². The predicted octanol–water partition coefficient (Wildman–Crippen LogP) is 2.76. The molecule has 0 saturated heterocycles. The van der Waals surface area contributed by atoms with Crippen molar-refractivity contribution >= 4 is 28.6 Å². The Morgan fingerprint density at radius 2 is 2.18 bits per heavy atom. The molecule has 6 nitrogen and oxygen atoms in total. The van der Waals surface area contributed by atoms with Crippen molar-refractivity contribution in [1.29, 1.82) is 0 Å². The normalized spacial score (nSPS) is 10.6. The van der Waals surface area contributed by atoms with Crippen molar-refractivity contribution in [2.75, 3.05) is 6.61 Å². The summed E-state index contributed by atoms with van der Waals surface area (Å²) in [5, 5.41) is 2.32. The van der Waals surface area contributed by atoms with Crippen molar-refractivity contribution in [3.8, 4) is 10.7 Å². The molecule has 0 aliphatic carbocycles. The van der Waals surface area contributed by atoms with E-state index >= 15 is 0 Å². The SMILES string of the molecule is Cc1ncsc1CCOC(=O)c1csc(-c2cnccn2)n1. The van der Waals surface area contributed by atoms with Gasteiger partial charge in [0.1, 0.15) is 10.7 Å². The van der Waals surface area contributed by atoms with Crippen LogP contribution in [0.25, 0.3) is 10.7 Å². The van der Waals surface area contributed by atoms with Gasteiger partial charge in [-0.15, -0.1) is 22.7 Å². The molecule has 0 N–H and O–H groups in total. The Bertz CT molecular complexity index is 770. The monoisotopic (exact) mass is 332 g/mol. The third-order valence-corrected chi connectivity index (χ3v) is 4.76. The second-order valence-electron chi connectivity index (χ2n) is 4.38. The number of aromatic nitrogens is 4. The van der Waals surface area contributed by atoms with Gasteiger partial charge in [0.05, 0.1) is 24.0 Å². The first-order valence-electron chi connectivity index (χ1n) is 6.52. The number of thiazole rings is 2. The van der Waals surface area contributed by atoms with Gasteiger partial charge in [0.25, 0.3) is 0 Å². The largest absolute Gasteiger partial charge is 0.461 e. The van der Waals surface area contributed by atoms with Gasteiger partial charge < -0.3 is 4.74 Å². The van der Waals surface area contributed by atoms with Gasteiger partial charge in [-0.3, -0.25) is 9.97 Å². The molecule has 3 rings (SSSR count). The number of aryl methyl sites for hydroxylation is 1. The molecule has 112 valence electrons. The fraction of sp³-hybridized carbons (Fsp3) is 0.214. The average Bonchev–Trinajstić information content (AvgIpc) is 3.18. The van der Waals surface area contributed by atoms with E-state index in [1.165, 1.54) is 11.3 Å². The highest BCUT2D eigenvalue weighted by Crippen LogP contribution is 2.21. The van der Waals surface area contributed by atoms with Crippen LogP contribution >= 0.6 is 22.7 Å². The lowest BCUT2D eigenvalue weighted by molar-refractivity contribution is 0.0504. The van der Waals surface area contributed by atoms with Crippen LogP contribution in [-0.4, -0.2) is 32.5 Å². The van der Waals surface area contributed by atoms with E-state index in [-0.39, 0.29) is 0 Å². The maximum Gasteiger partial charge on any atom is 0.357 e. The maximum absolute atomic E-state index is 12.0. The third kappa shape index (κ3) is 3.34. The lowest BCUT2D eigenvalue weighted by atomic mass is 10.3. The number of hydrogen-bond acceptors (Lipinski definition) is 8. The van der Waals surface area contributed by atoms with E-state index in [0.29, 0.717) is 29.4 Å². The summed E-state index contributed by atoms with van der Waals surface area (Å²) < 4.78 is 5.25. The number of rotatable bonds is 5. The van der Waals surface area contributed by atoms with Crippen LogP contribution in [0.5, 0.6) is 0 Å². The highest BCUT2D eigenvalue weighted by atomic mass is 32.1. The molecule has 0 aliphatic rings. The van der Waals surface area contributed by atoms with Crippen LogP contribution in [0.3, 0.4) is 0 Å². The van der Waals surface area contributed by atoms with E-state index in [1.807, 2.05) is 6.92 Å². The summed E-state index contributed by atoms with van der Waals surface area (Å²) >= 11 is 2.91. The molecule has 0 unspecified atom stereocenters. The number of carbonyl (C=O) groups is 1. The van der Waals surface area contributed by atoms with Gasteiger partial charge in [-0.05, 0) is 6.92 Å². The van der Waals surface area contributed by atoms with Crippen molar-refractivity contribution in [3.63, 3.8) is 0 Å². The minimum Gasteiger partial charge on any atom is -0.461 e. The zero-order chi connectivity index (χ0) is 15.4. The van der Waals surface area contributed by atoms with Crippen LogP contribution in [0.15, 0.2) is 29.5 Å². The second kappa shape index (κ2) is 6.71. The van der Waals surface area contributed by atoms with Crippen molar-refractivity contribution in [1.82, 2.24) is 19.9 Å². The summed E-state index contributed by atoms with van der Waals surface area (Å²) in [4.78, 5) is 29.7. The third-order valence-electron chi connectivity index (χ3n) is 2.90. The van der Waals surface area contributed by atoms with E-state index in [4.69, 9.17) is 4.74 Å². The van der Waals surface area contributed by atoms with Gasteiger partial charge in [0, 0.05) is 29.1 Å². The molecule has 0 bridgehead atoms. The molecule has 3 aromatic heterocycles. The van der Waals surface area contributed by atoms with Crippen molar-refractivity contribution in [2.24, 2.45) is 0 Å². The summed E-state index contributed by atoms with van der Waals surface area (Å²) in [5.41, 5.74) is 3.72. The van der Waals surface area contributed by atoms with Gasteiger partial charge in [0.15, 0.2) is 5.69 Å². The summed E-state index contributed by atoms with van der Waals surface area (Å²) in [6.07, 6.45) is 5.46. The predicted molar refractivity (Wildman–Crippen MR) is 84.0 cm³/mol. The molecule has 0 atom stereocenters. The fourth-order valence-corrected chi connectivity index (χ4v) is 3.28. The Morgan fingerprint density at radius 1 is 1.27 bits per heavy atom. The molecule has 0 spiro atoms. The van der Waals surface area contributed by atoms with E-state index in [2.05, 4.69) is 19.9 Å². The lowest BCUT2D eigenvalue weighted by Crippen LogP contribution is -2.08. The molecule has 3 aromatic rings. The summed E-state index contributed by atoms with van der Waals surface area (Å²) in [7, 11) is 0. The Balaban J connectivity index is 1.59. The first kappa shape index (κ1) is 14.7. The number of ether oxygens (including phenoxy) is 1. The van der Waals surface area contributed by atoms with Crippen molar-refractivity contribution in [3.05, 3.63) is 45.7 Å². The Morgan fingerprint density at radius 3 is 2.91 bits per heavy atom. The summed E-state index contributed by atoms with van der Waals surface area (Å²) in [6, 6.07) is 0. The van der Waals surface area contributed by atoms with Crippen LogP contribution in [-0.2, 0) is 11.2 Å². The fourth-order valence-electron chi connectivity index (χ4n) is 1.77. The first-order chi connectivity index (χ1) is 10.7. The van der Waals surface area contributed by atoms with E-state index in [1.54, 1.807) is 40.8 Å². The average molecular weight is 332 g/mol. The molecule has 8 heteroatoms. The van der Waals surface area contributed by atoms with Crippen LogP contribution in [0.4, 0.5) is 0 Å². The topological polar surface area (TPSA) is 77.9 Å². The van der Waals surface area contributed by atoms with E-state index in [9.17, 15) is 4.79 Å². The van der Waals surface area contributed by atoms with Crippen LogP contribution in [0.1, 0.15) is 21.1 Å². The zero-order valence-corrected chi connectivity index (χ0v) is 13.4.